The number of carboxylic acids is 1. The summed E-state index contributed by atoms with van der Waals surface area (Å²) in [5.41, 5.74) is 1.02. The maximum atomic E-state index is 12.0. The molecular formula is C21H27NO8S2. The third-order valence-electron chi connectivity index (χ3n) is 6.38. The van der Waals surface area contributed by atoms with Crippen LogP contribution in [0.15, 0.2) is 34.1 Å². The highest BCUT2D eigenvalue weighted by Crippen LogP contribution is 2.49. The molecule has 0 fully saturated rings. The van der Waals surface area contributed by atoms with Gasteiger partial charge in [-0.1, -0.05) is 26.3 Å². The fraction of sp³-hybridized carbons (Fsp3) is 0.476. The summed E-state index contributed by atoms with van der Waals surface area (Å²) in [6.07, 6.45) is 2.17. The van der Waals surface area contributed by atoms with Crippen LogP contribution in [-0.4, -0.2) is 49.6 Å². The van der Waals surface area contributed by atoms with Gasteiger partial charge in [0.1, 0.15) is 4.90 Å². The van der Waals surface area contributed by atoms with Crippen LogP contribution in [0.4, 0.5) is 5.69 Å². The van der Waals surface area contributed by atoms with E-state index in [1.807, 2.05) is 20.8 Å². The Hall–Kier alpha value is -2.21. The molecule has 0 aliphatic carbocycles. The van der Waals surface area contributed by atoms with E-state index in [-0.39, 0.29) is 17.8 Å². The fourth-order valence-corrected chi connectivity index (χ4v) is 5.84. The SMILES string of the molecule is CC1N(CCCCCC(=O)O)c2ccc3c(S(=O)(=O)O)cc(S(=O)(=O)O)cc3c2C1(C)C. The molecule has 1 aliphatic heterocycles. The Morgan fingerprint density at radius 3 is 2.22 bits per heavy atom. The number of carboxylic acid groups (broad SMARTS) is 1. The molecule has 0 amide bonds. The molecule has 11 heteroatoms. The Kier molecular flexibility index (Phi) is 6.33. The summed E-state index contributed by atoms with van der Waals surface area (Å²) in [6, 6.07) is 5.25. The van der Waals surface area contributed by atoms with Crippen LogP contribution in [0.5, 0.6) is 0 Å². The van der Waals surface area contributed by atoms with Crippen molar-refractivity contribution in [3.05, 3.63) is 29.8 Å². The Bertz CT molecular complexity index is 1280. The van der Waals surface area contributed by atoms with Crippen molar-refractivity contribution in [2.75, 3.05) is 11.4 Å². The first-order valence-electron chi connectivity index (χ1n) is 10.2. The first-order chi connectivity index (χ1) is 14.7. The van der Waals surface area contributed by atoms with Gasteiger partial charge in [-0.05, 0) is 48.9 Å². The molecule has 32 heavy (non-hydrogen) atoms. The average Bonchev–Trinajstić information content (AvgIpc) is 2.85. The highest BCUT2D eigenvalue weighted by atomic mass is 32.2. The van der Waals surface area contributed by atoms with Crippen molar-refractivity contribution in [3.8, 4) is 0 Å². The molecule has 3 rings (SSSR count). The molecule has 2 aromatic carbocycles. The third kappa shape index (κ3) is 4.47. The molecular weight excluding hydrogens is 458 g/mol. The molecule has 0 spiro atoms. The number of rotatable bonds is 8. The summed E-state index contributed by atoms with van der Waals surface area (Å²) >= 11 is 0. The van der Waals surface area contributed by atoms with Crippen LogP contribution in [0, 0.1) is 0 Å². The molecule has 1 heterocycles. The van der Waals surface area contributed by atoms with E-state index in [0.29, 0.717) is 18.4 Å². The van der Waals surface area contributed by atoms with Crippen molar-refractivity contribution in [1.82, 2.24) is 0 Å². The lowest BCUT2D eigenvalue weighted by atomic mass is 9.79. The van der Waals surface area contributed by atoms with Gasteiger partial charge >= 0.3 is 5.97 Å². The van der Waals surface area contributed by atoms with Gasteiger partial charge in [-0.25, -0.2) is 0 Å². The standard InChI is InChI=1S/C21H27NO8S2/c1-13-21(2,3)20-16-11-14(31(25,26)27)12-18(32(28,29)30)15(16)8-9-17(20)22(13)10-6-4-5-7-19(23)24/h8-9,11-13H,4-7,10H2,1-3H3,(H,23,24)(H,25,26,27)(H,28,29,30). The number of hydrogen-bond donors (Lipinski definition) is 3. The van der Waals surface area contributed by atoms with E-state index in [1.54, 1.807) is 6.07 Å². The second-order valence-electron chi connectivity index (χ2n) is 8.72. The molecule has 3 N–H and O–H groups in total. The van der Waals surface area contributed by atoms with Crippen molar-refractivity contribution in [2.24, 2.45) is 0 Å². The number of unbranched alkanes of at least 4 members (excludes halogenated alkanes) is 2. The van der Waals surface area contributed by atoms with Crippen LogP contribution in [0.1, 0.15) is 52.0 Å². The lowest BCUT2D eigenvalue weighted by Gasteiger charge is -2.31. The summed E-state index contributed by atoms with van der Waals surface area (Å²) in [5, 5.41) is 9.29. The molecule has 0 aromatic heterocycles. The zero-order valence-electron chi connectivity index (χ0n) is 18.1. The molecule has 9 nitrogen and oxygen atoms in total. The van der Waals surface area contributed by atoms with Gasteiger partial charge in [-0.3, -0.25) is 13.9 Å². The monoisotopic (exact) mass is 485 g/mol. The number of nitrogens with zero attached hydrogens (tertiary/aromatic N) is 1. The van der Waals surface area contributed by atoms with E-state index in [4.69, 9.17) is 5.11 Å². The van der Waals surface area contributed by atoms with E-state index < -0.39 is 41.4 Å². The number of aliphatic carboxylic acids is 1. The van der Waals surface area contributed by atoms with E-state index in [2.05, 4.69) is 4.90 Å². The van der Waals surface area contributed by atoms with E-state index >= 15 is 0 Å². The predicted octanol–water partition coefficient (Wildman–Crippen LogP) is 3.46. The zero-order chi connectivity index (χ0) is 24.1. The summed E-state index contributed by atoms with van der Waals surface area (Å²) in [7, 11) is -9.48. The number of fused-ring (bicyclic) bond motifs is 3. The van der Waals surface area contributed by atoms with Gasteiger partial charge in [0.05, 0.1) is 4.90 Å². The Morgan fingerprint density at radius 1 is 1.00 bits per heavy atom. The second kappa shape index (κ2) is 8.29. The lowest BCUT2D eigenvalue weighted by Crippen LogP contribution is -2.39. The van der Waals surface area contributed by atoms with Gasteiger partial charge in [0, 0.05) is 35.5 Å². The lowest BCUT2D eigenvalue weighted by molar-refractivity contribution is -0.137. The van der Waals surface area contributed by atoms with Crippen LogP contribution >= 0.6 is 0 Å². The number of anilines is 1. The Morgan fingerprint density at radius 2 is 1.66 bits per heavy atom. The Balaban J connectivity index is 2.16. The van der Waals surface area contributed by atoms with Crippen LogP contribution < -0.4 is 4.90 Å². The predicted molar refractivity (Wildman–Crippen MR) is 120 cm³/mol. The topological polar surface area (TPSA) is 149 Å². The molecule has 1 unspecified atom stereocenters. The quantitative estimate of drug-likeness (QED) is 0.377. The first-order valence-corrected chi connectivity index (χ1v) is 13.1. The molecule has 0 saturated carbocycles. The largest absolute Gasteiger partial charge is 0.481 e. The van der Waals surface area contributed by atoms with E-state index in [0.717, 1.165) is 30.2 Å². The minimum Gasteiger partial charge on any atom is -0.481 e. The van der Waals surface area contributed by atoms with Gasteiger partial charge in [0.15, 0.2) is 0 Å². The summed E-state index contributed by atoms with van der Waals surface area (Å²) in [5.74, 6) is -0.832. The van der Waals surface area contributed by atoms with Crippen molar-refractivity contribution in [3.63, 3.8) is 0 Å². The minimum absolute atomic E-state index is 0.0221. The maximum Gasteiger partial charge on any atom is 0.303 e. The van der Waals surface area contributed by atoms with Gasteiger partial charge in [-0.15, -0.1) is 0 Å². The number of benzene rings is 2. The molecule has 0 radical (unpaired) electrons. The Labute approximate surface area is 187 Å². The molecule has 0 bridgehead atoms. The van der Waals surface area contributed by atoms with Crippen molar-refractivity contribution in [2.45, 2.75) is 67.7 Å². The summed E-state index contributed by atoms with van der Waals surface area (Å²) in [4.78, 5) is 11.7. The number of hydrogen-bond acceptors (Lipinski definition) is 6. The average molecular weight is 486 g/mol. The summed E-state index contributed by atoms with van der Waals surface area (Å²) < 4.78 is 66.9. The molecule has 1 atom stereocenters. The van der Waals surface area contributed by atoms with Crippen LogP contribution in [0.25, 0.3) is 10.8 Å². The third-order valence-corrected chi connectivity index (χ3v) is 8.11. The zero-order valence-corrected chi connectivity index (χ0v) is 19.7. The second-order valence-corrected chi connectivity index (χ2v) is 11.5. The van der Waals surface area contributed by atoms with E-state index in [9.17, 15) is 30.7 Å². The van der Waals surface area contributed by atoms with Crippen molar-refractivity contribution >= 4 is 42.7 Å². The van der Waals surface area contributed by atoms with Crippen LogP contribution in [0.2, 0.25) is 0 Å². The van der Waals surface area contributed by atoms with E-state index in [1.165, 1.54) is 12.1 Å². The normalized spacial score (nSPS) is 18.2. The molecule has 1 aliphatic rings. The van der Waals surface area contributed by atoms with Crippen molar-refractivity contribution in [1.29, 1.82) is 0 Å². The fourth-order valence-electron chi connectivity index (χ4n) is 4.50. The summed E-state index contributed by atoms with van der Waals surface area (Å²) in [6.45, 7) is 6.59. The molecule has 0 saturated heterocycles. The maximum absolute atomic E-state index is 12.0. The minimum atomic E-state index is -4.76. The van der Waals surface area contributed by atoms with Crippen LogP contribution in [0.3, 0.4) is 0 Å². The van der Waals surface area contributed by atoms with Gasteiger partial charge in [0.25, 0.3) is 20.2 Å². The van der Waals surface area contributed by atoms with Crippen molar-refractivity contribution < 1.29 is 35.8 Å². The highest BCUT2D eigenvalue weighted by Gasteiger charge is 2.43. The van der Waals surface area contributed by atoms with Gasteiger partial charge in [-0.2, -0.15) is 16.8 Å². The van der Waals surface area contributed by atoms with Crippen LogP contribution in [-0.2, 0) is 30.4 Å². The smallest absolute Gasteiger partial charge is 0.303 e. The molecule has 2 aromatic rings. The van der Waals surface area contributed by atoms with Gasteiger partial charge in [0.2, 0.25) is 0 Å². The highest BCUT2D eigenvalue weighted by molar-refractivity contribution is 7.86. The first kappa shape index (κ1) is 24.4. The van der Waals surface area contributed by atoms with Gasteiger partial charge < -0.3 is 10.0 Å². The number of carbonyl (C=O) groups is 1. The molecule has 176 valence electrons.